The maximum Gasteiger partial charge on any atom is 0.251 e. The molecule has 1 unspecified atom stereocenters. The van der Waals surface area contributed by atoms with Gasteiger partial charge in [-0.3, -0.25) is 4.79 Å². The summed E-state index contributed by atoms with van der Waals surface area (Å²) in [6, 6.07) is 5.09. The van der Waals surface area contributed by atoms with Crippen LogP contribution in [0, 0.1) is 0 Å². The van der Waals surface area contributed by atoms with Gasteiger partial charge in [0.25, 0.3) is 5.91 Å². The third-order valence-corrected chi connectivity index (χ3v) is 3.48. The van der Waals surface area contributed by atoms with Crippen molar-refractivity contribution in [2.75, 3.05) is 32.3 Å². The van der Waals surface area contributed by atoms with Gasteiger partial charge >= 0.3 is 0 Å². The molecule has 1 N–H and O–H groups in total. The van der Waals surface area contributed by atoms with Gasteiger partial charge in [0.05, 0.1) is 25.9 Å². The van der Waals surface area contributed by atoms with Crippen LogP contribution in [0.3, 0.4) is 0 Å². The van der Waals surface area contributed by atoms with Crippen LogP contribution in [0.25, 0.3) is 0 Å². The Hall–Kier alpha value is -1.27. The summed E-state index contributed by atoms with van der Waals surface area (Å²) >= 11 is 3.35. The number of methoxy groups -OCH3 is 1. The van der Waals surface area contributed by atoms with Crippen molar-refractivity contribution in [2.24, 2.45) is 0 Å². The lowest BCUT2D eigenvalue weighted by atomic mass is 10.1. The Bertz CT molecular complexity index is 453. The van der Waals surface area contributed by atoms with Gasteiger partial charge in [-0.15, -0.1) is 0 Å². The molecule has 21 heavy (non-hydrogen) atoms. The summed E-state index contributed by atoms with van der Waals surface area (Å²) in [5.74, 6) is 1.06. The van der Waals surface area contributed by atoms with Crippen molar-refractivity contribution >= 4 is 21.8 Å². The van der Waals surface area contributed by atoms with Crippen molar-refractivity contribution in [3.8, 4) is 11.5 Å². The number of benzene rings is 1. The summed E-state index contributed by atoms with van der Waals surface area (Å²) in [5.41, 5.74) is 0.531. The number of alkyl halides is 1. The number of carbonyl (C=O) groups excluding carboxylic acids is 1. The molecular formula is C15H22BrNO4. The molecule has 1 rings (SSSR count). The summed E-state index contributed by atoms with van der Waals surface area (Å²) in [4.78, 5) is 12.2. The lowest BCUT2D eigenvalue weighted by molar-refractivity contribution is 0.0907. The number of hydrogen-bond acceptors (Lipinski definition) is 4. The van der Waals surface area contributed by atoms with Crippen molar-refractivity contribution in [3.63, 3.8) is 0 Å². The molecule has 0 heterocycles. The molecule has 1 amide bonds. The zero-order chi connectivity index (χ0) is 15.7. The molecule has 118 valence electrons. The van der Waals surface area contributed by atoms with Crippen LogP contribution >= 0.6 is 15.9 Å². The van der Waals surface area contributed by atoms with Crippen LogP contribution in [0.2, 0.25) is 0 Å². The van der Waals surface area contributed by atoms with E-state index in [1.165, 1.54) is 0 Å². The van der Waals surface area contributed by atoms with E-state index in [4.69, 9.17) is 14.2 Å². The highest BCUT2D eigenvalue weighted by molar-refractivity contribution is 9.09. The molecule has 6 heteroatoms. The minimum atomic E-state index is -0.166. The van der Waals surface area contributed by atoms with Crippen LogP contribution in [0.5, 0.6) is 11.5 Å². The summed E-state index contributed by atoms with van der Waals surface area (Å²) in [6.45, 7) is 5.31. The molecule has 1 aromatic carbocycles. The molecule has 0 saturated heterocycles. The minimum Gasteiger partial charge on any atom is -0.490 e. The highest BCUT2D eigenvalue weighted by Crippen LogP contribution is 2.28. The maximum atomic E-state index is 12.2. The zero-order valence-electron chi connectivity index (χ0n) is 12.6. The van der Waals surface area contributed by atoms with Crippen molar-refractivity contribution in [3.05, 3.63) is 23.8 Å². The number of amides is 1. The SMILES string of the molecule is CCOc1ccc(C(=O)NC(CBr)COC)cc1OCC. The van der Waals surface area contributed by atoms with E-state index in [2.05, 4.69) is 21.2 Å². The molecule has 5 nitrogen and oxygen atoms in total. The lowest BCUT2D eigenvalue weighted by Crippen LogP contribution is -2.39. The van der Waals surface area contributed by atoms with Crippen molar-refractivity contribution < 1.29 is 19.0 Å². The molecule has 0 fully saturated rings. The van der Waals surface area contributed by atoms with Crippen LogP contribution in [-0.2, 0) is 4.74 Å². The first-order chi connectivity index (χ1) is 10.2. The fourth-order valence-corrected chi connectivity index (χ4v) is 2.14. The normalized spacial score (nSPS) is 11.8. The van der Waals surface area contributed by atoms with Gasteiger partial charge in [0.15, 0.2) is 11.5 Å². The van der Waals surface area contributed by atoms with Gasteiger partial charge in [-0.25, -0.2) is 0 Å². The zero-order valence-corrected chi connectivity index (χ0v) is 14.2. The van der Waals surface area contributed by atoms with E-state index in [-0.39, 0.29) is 11.9 Å². The molecule has 0 spiro atoms. The summed E-state index contributed by atoms with van der Waals surface area (Å²) in [6.07, 6.45) is 0. The first-order valence-electron chi connectivity index (χ1n) is 6.91. The van der Waals surface area contributed by atoms with E-state index < -0.39 is 0 Å². The molecular weight excluding hydrogens is 338 g/mol. The predicted octanol–water partition coefficient (Wildman–Crippen LogP) is 2.62. The second-order valence-corrected chi connectivity index (χ2v) is 4.96. The average molecular weight is 360 g/mol. The van der Waals surface area contributed by atoms with Crippen LogP contribution in [0.1, 0.15) is 24.2 Å². The van der Waals surface area contributed by atoms with Crippen LogP contribution in [0.15, 0.2) is 18.2 Å². The van der Waals surface area contributed by atoms with Crippen LogP contribution in [0.4, 0.5) is 0 Å². The Morgan fingerprint density at radius 2 is 1.90 bits per heavy atom. The summed E-state index contributed by atoms with van der Waals surface area (Å²) in [7, 11) is 1.60. The number of halogens is 1. The first kappa shape index (κ1) is 17.8. The second-order valence-electron chi connectivity index (χ2n) is 4.31. The quantitative estimate of drug-likeness (QED) is 0.688. The molecule has 1 aromatic rings. The molecule has 0 aliphatic rings. The summed E-state index contributed by atoms with van der Waals surface area (Å²) in [5, 5.41) is 3.52. The fraction of sp³-hybridized carbons (Fsp3) is 0.533. The smallest absolute Gasteiger partial charge is 0.251 e. The molecule has 0 aliphatic carbocycles. The predicted molar refractivity (Wildman–Crippen MR) is 85.7 cm³/mol. The van der Waals surface area contributed by atoms with E-state index in [9.17, 15) is 4.79 Å². The van der Waals surface area contributed by atoms with Crippen molar-refractivity contribution in [1.82, 2.24) is 5.32 Å². The standard InChI is InChI=1S/C15H22BrNO4/c1-4-20-13-7-6-11(8-14(13)21-5-2)15(18)17-12(9-16)10-19-3/h6-8,12H,4-5,9-10H2,1-3H3,(H,17,18). The lowest BCUT2D eigenvalue weighted by Gasteiger charge is -2.16. The summed E-state index contributed by atoms with van der Waals surface area (Å²) < 4.78 is 16.1. The number of ether oxygens (including phenoxy) is 3. The van der Waals surface area contributed by atoms with Gasteiger partial charge in [0.2, 0.25) is 0 Å². The Morgan fingerprint density at radius 3 is 2.48 bits per heavy atom. The Kier molecular flexibility index (Phi) is 8.15. The van der Waals surface area contributed by atoms with Gasteiger partial charge in [0.1, 0.15) is 0 Å². The minimum absolute atomic E-state index is 0.0791. The third-order valence-electron chi connectivity index (χ3n) is 2.69. The van der Waals surface area contributed by atoms with Gasteiger partial charge in [-0.2, -0.15) is 0 Å². The third kappa shape index (κ3) is 5.55. The first-order valence-corrected chi connectivity index (χ1v) is 8.03. The van der Waals surface area contributed by atoms with Crippen molar-refractivity contribution in [1.29, 1.82) is 0 Å². The highest BCUT2D eigenvalue weighted by Gasteiger charge is 2.15. The number of carbonyl (C=O) groups is 1. The number of hydrogen-bond donors (Lipinski definition) is 1. The molecule has 0 bridgehead atoms. The Labute approximate surface area is 134 Å². The average Bonchev–Trinajstić information content (AvgIpc) is 2.48. The van der Waals surface area contributed by atoms with E-state index in [0.29, 0.717) is 42.2 Å². The molecule has 1 atom stereocenters. The van der Waals surface area contributed by atoms with Gasteiger partial charge in [-0.05, 0) is 32.0 Å². The van der Waals surface area contributed by atoms with E-state index in [1.807, 2.05) is 13.8 Å². The Balaban J connectivity index is 2.86. The number of rotatable bonds is 9. The molecule has 0 saturated carbocycles. The number of nitrogens with one attached hydrogen (secondary N) is 1. The van der Waals surface area contributed by atoms with Crippen LogP contribution in [-0.4, -0.2) is 44.2 Å². The van der Waals surface area contributed by atoms with Gasteiger partial charge < -0.3 is 19.5 Å². The molecule has 0 aliphatic heterocycles. The Morgan fingerprint density at radius 1 is 1.24 bits per heavy atom. The highest BCUT2D eigenvalue weighted by atomic mass is 79.9. The van der Waals surface area contributed by atoms with Gasteiger partial charge in [-0.1, -0.05) is 15.9 Å². The topological polar surface area (TPSA) is 56.8 Å². The van der Waals surface area contributed by atoms with E-state index in [0.717, 1.165) is 0 Å². The fourth-order valence-electron chi connectivity index (χ4n) is 1.79. The van der Waals surface area contributed by atoms with Gasteiger partial charge in [0, 0.05) is 18.0 Å². The molecule has 0 radical (unpaired) electrons. The monoisotopic (exact) mass is 359 g/mol. The second kappa shape index (κ2) is 9.63. The van der Waals surface area contributed by atoms with Crippen LogP contribution < -0.4 is 14.8 Å². The van der Waals surface area contributed by atoms with E-state index >= 15 is 0 Å². The van der Waals surface area contributed by atoms with E-state index in [1.54, 1.807) is 25.3 Å². The maximum absolute atomic E-state index is 12.2. The van der Waals surface area contributed by atoms with Crippen molar-refractivity contribution in [2.45, 2.75) is 19.9 Å². The molecule has 0 aromatic heterocycles. The largest absolute Gasteiger partial charge is 0.490 e.